The maximum atomic E-state index is 13.3. The summed E-state index contributed by atoms with van der Waals surface area (Å²) >= 11 is 0. The SMILES string of the molecule is CN(C)C(=O)CCNC(=O)NCc1cccnc1Oc1cccc(F)c1. The van der Waals surface area contributed by atoms with Gasteiger partial charge in [0.1, 0.15) is 11.6 Å². The van der Waals surface area contributed by atoms with Crippen molar-refractivity contribution in [2.75, 3.05) is 20.6 Å². The summed E-state index contributed by atoms with van der Waals surface area (Å²) in [6, 6.07) is 8.77. The van der Waals surface area contributed by atoms with E-state index in [0.717, 1.165) is 0 Å². The van der Waals surface area contributed by atoms with Crippen LogP contribution in [-0.4, -0.2) is 42.5 Å². The monoisotopic (exact) mass is 360 g/mol. The Kier molecular flexibility index (Phi) is 6.90. The van der Waals surface area contributed by atoms with Crippen LogP contribution in [-0.2, 0) is 11.3 Å². The molecule has 0 saturated carbocycles. The number of hydrogen-bond acceptors (Lipinski definition) is 4. The highest BCUT2D eigenvalue weighted by Crippen LogP contribution is 2.23. The summed E-state index contributed by atoms with van der Waals surface area (Å²) in [5.41, 5.74) is 0.635. The highest BCUT2D eigenvalue weighted by atomic mass is 19.1. The number of nitrogens with one attached hydrogen (secondary N) is 2. The van der Waals surface area contributed by atoms with Crippen LogP contribution in [0.1, 0.15) is 12.0 Å². The Morgan fingerprint density at radius 3 is 2.73 bits per heavy atom. The second kappa shape index (κ2) is 9.36. The van der Waals surface area contributed by atoms with Gasteiger partial charge in [0.2, 0.25) is 11.8 Å². The topological polar surface area (TPSA) is 83.6 Å². The molecule has 26 heavy (non-hydrogen) atoms. The average Bonchev–Trinajstić information content (AvgIpc) is 2.61. The van der Waals surface area contributed by atoms with Gasteiger partial charge < -0.3 is 20.3 Å². The van der Waals surface area contributed by atoms with Gasteiger partial charge in [-0.25, -0.2) is 14.2 Å². The van der Waals surface area contributed by atoms with E-state index in [-0.39, 0.29) is 31.3 Å². The summed E-state index contributed by atoms with van der Waals surface area (Å²) in [6.45, 7) is 0.411. The zero-order valence-electron chi connectivity index (χ0n) is 14.7. The third-order valence-electron chi connectivity index (χ3n) is 3.42. The fraction of sp³-hybridized carbons (Fsp3) is 0.278. The van der Waals surface area contributed by atoms with Crippen molar-refractivity contribution in [3.63, 3.8) is 0 Å². The van der Waals surface area contributed by atoms with Gasteiger partial charge in [-0.2, -0.15) is 0 Å². The first-order valence-electron chi connectivity index (χ1n) is 8.05. The van der Waals surface area contributed by atoms with E-state index in [2.05, 4.69) is 15.6 Å². The molecule has 8 heteroatoms. The molecule has 3 amide bonds. The molecule has 2 aromatic rings. The zero-order chi connectivity index (χ0) is 18.9. The first-order valence-corrected chi connectivity index (χ1v) is 8.05. The van der Waals surface area contributed by atoms with Gasteiger partial charge in [-0.05, 0) is 18.2 Å². The molecule has 0 radical (unpaired) electrons. The lowest BCUT2D eigenvalue weighted by Crippen LogP contribution is -2.37. The molecule has 0 spiro atoms. The smallest absolute Gasteiger partial charge is 0.315 e. The molecule has 7 nitrogen and oxygen atoms in total. The number of amides is 3. The van der Waals surface area contributed by atoms with Gasteiger partial charge in [0.15, 0.2) is 0 Å². The molecular weight excluding hydrogens is 339 g/mol. The maximum Gasteiger partial charge on any atom is 0.315 e. The van der Waals surface area contributed by atoms with E-state index in [1.165, 1.54) is 23.1 Å². The molecule has 2 rings (SSSR count). The predicted octanol–water partition coefficient (Wildman–Crippen LogP) is 2.29. The molecule has 0 atom stereocenters. The summed E-state index contributed by atoms with van der Waals surface area (Å²) in [6.07, 6.45) is 1.77. The normalized spacial score (nSPS) is 10.1. The van der Waals surface area contributed by atoms with Gasteiger partial charge in [0.25, 0.3) is 0 Å². The Balaban J connectivity index is 1.87. The number of pyridine rings is 1. The van der Waals surface area contributed by atoms with Crippen LogP contribution in [0.5, 0.6) is 11.6 Å². The minimum absolute atomic E-state index is 0.0664. The minimum atomic E-state index is -0.412. The molecule has 1 heterocycles. The first-order chi connectivity index (χ1) is 12.5. The van der Waals surface area contributed by atoms with Crippen LogP contribution in [0.25, 0.3) is 0 Å². The highest BCUT2D eigenvalue weighted by Gasteiger charge is 2.09. The maximum absolute atomic E-state index is 13.3. The number of ether oxygens (including phenoxy) is 1. The lowest BCUT2D eigenvalue weighted by molar-refractivity contribution is -0.128. The number of hydrogen-bond donors (Lipinski definition) is 2. The largest absolute Gasteiger partial charge is 0.439 e. The highest BCUT2D eigenvalue weighted by molar-refractivity contribution is 5.77. The van der Waals surface area contributed by atoms with E-state index in [1.54, 1.807) is 38.5 Å². The molecule has 0 unspecified atom stereocenters. The van der Waals surface area contributed by atoms with Crippen LogP contribution in [0.4, 0.5) is 9.18 Å². The number of carbonyl (C=O) groups excluding carboxylic acids is 2. The molecule has 0 aliphatic carbocycles. The van der Waals surface area contributed by atoms with E-state index >= 15 is 0 Å². The van der Waals surface area contributed by atoms with Crippen LogP contribution in [0.15, 0.2) is 42.6 Å². The molecule has 1 aromatic heterocycles. The van der Waals surface area contributed by atoms with Gasteiger partial charge in [-0.1, -0.05) is 12.1 Å². The molecule has 0 aliphatic heterocycles. The number of urea groups is 1. The van der Waals surface area contributed by atoms with Crippen LogP contribution >= 0.6 is 0 Å². The van der Waals surface area contributed by atoms with Crippen molar-refractivity contribution in [1.82, 2.24) is 20.5 Å². The second-order valence-electron chi connectivity index (χ2n) is 5.67. The molecule has 0 bridgehead atoms. The molecule has 2 N–H and O–H groups in total. The van der Waals surface area contributed by atoms with Gasteiger partial charge >= 0.3 is 6.03 Å². The van der Waals surface area contributed by atoms with Crippen LogP contribution in [0.3, 0.4) is 0 Å². The van der Waals surface area contributed by atoms with Crippen molar-refractivity contribution in [3.8, 4) is 11.6 Å². The van der Waals surface area contributed by atoms with Crippen molar-refractivity contribution >= 4 is 11.9 Å². The fourth-order valence-electron chi connectivity index (χ4n) is 2.04. The summed E-state index contributed by atoms with van der Waals surface area (Å²) in [5.74, 6) is 0.117. The lowest BCUT2D eigenvalue weighted by atomic mass is 10.2. The number of benzene rings is 1. The Hall–Kier alpha value is -3.16. The Morgan fingerprint density at radius 1 is 1.19 bits per heavy atom. The number of aromatic nitrogens is 1. The molecule has 0 saturated heterocycles. The first kappa shape index (κ1) is 19.2. The summed E-state index contributed by atoms with van der Waals surface area (Å²) in [4.78, 5) is 28.9. The standard InChI is InChI=1S/C18H21FN4O3/c1-23(2)16(24)8-10-21-18(25)22-12-13-5-4-9-20-17(13)26-15-7-3-6-14(19)11-15/h3-7,9,11H,8,10,12H2,1-2H3,(H2,21,22,25). The Labute approximate surface area is 151 Å². The van der Waals surface area contributed by atoms with Crippen molar-refractivity contribution in [2.45, 2.75) is 13.0 Å². The van der Waals surface area contributed by atoms with Gasteiger partial charge in [-0.15, -0.1) is 0 Å². The van der Waals surface area contributed by atoms with Crippen molar-refractivity contribution < 1.29 is 18.7 Å². The van der Waals surface area contributed by atoms with Crippen molar-refractivity contribution in [2.24, 2.45) is 0 Å². The molecule has 0 fully saturated rings. The number of carbonyl (C=O) groups is 2. The average molecular weight is 360 g/mol. The molecule has 0 aliphatic rings. The summed E-state index contributed by atoms with van der Waals surface area (Å²) in [7, 11) is 3.32. The van der Waals surface area contributed by atoms with Gasteiger partial charge in [0, 0.05) is 51.4 Å². The van der Waals surface area contributed by atoms with E-state index in [9.17, 15) is 14.0 Å². The zero-order valence-corrected chi connectivity index (χ0v) is 14.7. The quantitative estimate of drug-likeness (QED) is 0.794. The number of nitrogens with zero attached hydrogens (tertiary/aromatic N) is 2. The number of halogens is 1. The van der Waals surface area contributed by atoms with E-state index in [0.29, 0.717) is 11.3 Å². The number of rotatable bonds is 7. The van der Waals surface area contributed by atoms with E-state index < -0.39 is 11.8 Å². The van der Waals surface area contributed by atoms with E-state index in [1.807, 2.05) is 0 Å². The lowest BCUT2D eigenvalue weighted by Gasteiger charge is -2.12. The molecule has 138 valence electrons. The van der Waals surface area contributed by atoms with Crippen LogP contribution < -0.4 is 15.4 Å². The van der Waals surface area contributed by atoms with E-state index in [4.69, 9.17) is 4.74 Å². The van der Waals surface area contributed by atoms with Crippen molar-refractivity contribution in [1.29, 1.82) is 0 Å². The summed E-state index contributed by atoms with van der Waals surface area (Å²) in [5, 5.41) is 5.28. The Bertz CT molecular complexity index is 768. The molecule has 1 aromatic carbocycles. The van der Waals surface area contributed by atoms with Gasteiger partial charge in [0.05, 0.1) is 0 Å². The third kappa shape index (κ3) is 6.04. The fourth-order valence-corrected chi connectivity index (χ4v) is 2.04. The second-order valence-corrected chi connectivity index (χ2v) is 5.67. The van der Waals surface area contributed by atoms with Crippen LogP contribution in [0.2, 0.25) is 0 Å². The third-order valence-corrected chi connectivity index (χ3v) is 3.42. The molecular formula is C18H21FN4O3. The van der Waals surface area contributed by atoms with Gasteiger partial charge in [-0.3, -0.25) is 4.79 Å². The Morgan fingerprint density at radius 2 is 2.00 bits per heavy atom. The predicted molar refractivity (Wildman–Crippen MR) is 94.3 cm³/mol. The summed E-state index contributed by atoms with van der Waals surface area (Å²) < 4.78 is 18.8. The van der Waals surface area contributed by atoms with Crippen LogP contribution in [0, 0.1) is 5.82 Å². The van der Waals surface area contributed by atoms with Crippen molar-refractivity contribution in [3.05, 3.63) is 54.0 Å². The minimum Gasteiger partial charge on any atom is -0.439 e.